The van der Waals surface area contributed by atoms with Gasteiger partial charge in [0.1, 0.15) is 18.5 Å². The van der Waals surface area contributed by atoms with Crippen LogP contribution in [0.3, 0.4) is 0 Å². The van der Waals surface area contributed by atoms with E-state index in [0.717, 1.165) is 31.8 Å². The Balaban J connectivity index is 1.32. The number of aliphatic hydroxyl groups excluding tert-OH is 1. The van der Waals surface area contributed by atoms with Gasteiger partial charge in [-0.15, -0.1) is 0 Å². The molecule has 29 heavy (non-hydrogen) atoms. The minimum absolute atomic E-state index is 0.279. The molecule has 6 heteroatoms. The second-order valence-electron chi connectivity index (χ2n) is 7.32. The highest BCUT2D eigenvalue weighted by molar-refractivity contribution is 5.27. The van der Waals surface area contributed by atoms with Crippen LogP contribution in [0.2, 0.25) is 0 Å². The smallest absolute Gasteiger partial charge is 0.119 e. The largest absolute Gasteiger partial charge is 0.491 e. The third-order valence-corrected chi connectivity index (χ3v) is 4.66. The summed E-state index contributed by atoms with van der Waals surface area (Å²) in [6.45, 7) is 3.36. The summed E-state index contributed by atoms with van der Waals surface area (Å²) in [6, 6.07) is 18.3. The summed E-state index contributed by atoms with van der Waals surface area (Å²) in [6.07, 6.45) is 4.19. The molecule has 1 unspecified atom stereocenters. The predicted molar refractivity (Wildman–Crippen MR) is 115 cm³/mol. The topological polar surface area (TPSA) is 73.4 Å². The van der Waals surface area contributed by atoms with E-state index in [1.54, 1.807) is 0 Å². The molecule has 0 fully saturated rings. The zero-order valence-electron chi connectivity index (χ0n) is 16.9. The van der Waals surface area contributed by atoms with Crippen molar-refractivity contribution in [1.82, 2.24) is 20.4 Å². The van der Waals surface area contributed by atoms with Gasteiger partial charge in [-0.1, -0.05) is 42.5 Å². The molecular weight excluding hydrogens is 364 g/mol. The summed E-state index contributed by atoms with van der Waals surface area (Å²) >= 11 is 0. The molecule has 0 spiro atoms. The maximum absolute atomic E-state index is 10.3. The van der Waals surface area contributed by atoms with Gasteiger partial charge in [0.2, 0.25) is 0 Å². The lowest BCUT2D eigenvalue weighted by molar-refractivity contribution is 0.0744. The van der Waals surface area contributed by atoms with Gasteiger partial charge in [-0.25, -0.2) is 0 Å². The number of rotatable bonds is 12. The second-order valence-corrected chi connectivity index (χ2v) is 7.32. The van der Waals surface area contributed by atoms with Gasteiger partial charge >= 0.3 is 0 Å². The highest BCUT2D eigenvalue weighted by Crippen LogP contribution is 2.13. The lowest BCUT2D eigenvalue weighted by Gasteiger charge is -2.21. The maximum Gasteiger partial charge on any atom is 0.119 e. The Hall–Kier alpha value is -2.67. The van der Waals surface area contributed by atoms with Crippen molar-refractivity contribution < 1.29 is 9.84 Å². The molecule has 1 heterocycles. The first-order valence-corrected chi connectivity index (χ1v) is 9.99. The van der Waals surface area contributed by atoms with Crippen molar-refractivity contribution >= 4 is 0 Å². The molecule has 0 aliphatic carbocycles. The van der Waals surface area contributed by atoms with E-state index in [1.165, 1.54) is 16.7 Å². The van der Waals surface area contributed by atoms with Crippen LogP contribution in [0.1, 0.15) is 16.7 Å². The van der Waals surface area contributed by atoms with Crippen molar-refractivity contribution in [1.29, 1.82) is 0 Å². The Labute approximate surface area is 172 Å². The highest BCUT2D eigenvalue weighted by atomic mass is 16.5. The highest BCUT2D eigenvalue weighted by Gasteiger charge is 2.10. The average molecular weight is 395 g/mol. The van der Waals surface area contributed by atoms with Crippen molar-refractivity contribution in [3.05, 3.63) is 83.7 Å². The number of benzene rings is 2. The molecule has 0 saturated heterocycles. The van der Waals surface area contributed by atoms with E-state index in [2.05, 4.69) is 32.5 Å². The van der Waals surface area contributed by atoms with Crippen molar-refractivity contribution in [2.24, 2.45) is 0 Å². The molecule has 2 aromatic carbocycles. The normalized spacial score (nSPS) is 12.2. The van der Waals surface area contributed by atoms with Crippen LogP contribution in [0, 0.1) is 0 Å². The van der Waals surface area contributed by atoms with Crippen molar-refractivity contribution in [3.8, 4) is 5.75 Å². The summed E-state index contributed by atoms with van der Waals surface area (Å²) < 4.78 is 5.74. The summed E-state index contributed by atoms with van der Waals surface area (Å²) in [4.78, 5) is 2.10. The predicted octanol–water partition coefficient (Wildman–Crippen LogP) is 2.61. The van der Waals surface area contributed by atoms with Gasteiger partial charge in [0.05, 0.1) is 6.20 Å². The van der Waals surface area contributed by atoms with Gasteiger partial charge in [-0.2, -0.15) is 5.10 Å². The van der Waals surface area contributed by atoms with Crippen LogP contribution in [0.15, 0.2) is 67.0 Å². The molecule has 0 radical (unpaired) electrons. The fraction of sp³-hybridized carbons (Fsp3) is 0.348. The van der Waals surface area contributed by atoms with Crippen LogP contribution in [0.5, 0.6) is 5.75 Å². The summed E-state index contributed by atoms with van der Waals surface area (Å²) in [5, 5.41) is 20.4. The fourth-order valence-corrected chi connectivity index (χ4v) is 3.15. The second kappa shape index (κ2) is 11.4. The Morgan fingerprint density at radius 3 is 2.59 bits per heavy atom. The first kappa shape index (κ1) is 21.0. The SMILES string of the molecule is CN(Cc1ccccc1)CC(O)COc1ccc(CNCCc2cn[nH]c2)cc1. The molecule has 0 saturated carbocycles. The Morgan fingerprint density at radius 1 is 1.07 bits per heavy atom. The molecule has 3 N–H and O–H groups in total. The van der Waals surface area contributed by atoms with E-state index in [9.17, 15) is 5.11 Å². The first-order valence-electron chi connectivity index (χ1n) is 9.99. The molecule has 3 rings (SSSR count). The van der Waals surface area contributed by atoms with E-state index >= 15 is 0 Å². The van der Waals surface area contributed by atoms with Gasteiger partial charge in [0, 0.05) is 25.8 Å². The summed E-state index contributed by atoms with van der Waals surface area (Å²) in [5.41, 5.74) is 3.64. The van der Waals surface area contributed by atoms with Crippen molar-refractivity contribution in [3.63, 3.8) is 0 Å². The third kappa shape index (κ3) is 7.69. The van der Waals surface area contributed by atoms with Crippen LogP contribution < -0.4 is 10.1 Å². The molecule has 0 amide bonds. The fourth-order valence-electron chi connectivity index (χ4n) is 3.15. The first-order chi connectivity index (χ1) is 14.2. The number of aliphatic hydroxyl groups is 1. The number of likely N-dealkylation sites (N-methyl/N-ethyl adjacent to an activating group) is 1. The number of aromatic amines is 1. The molecule has 3 aromatic rings. The monoisotopic (exact) mass is 394 g/mol. The van der Waals surface area contributed by atoms with E-state index in [0.29, 0.717) is 6.54 Å². The average Bonchev–Trinajstić information content (AvgIpc) is 3.25. The minimum Gasteiger partial charge on any atom is -0.491 e. The Bertz CT molecular complexity index is 807. The number of nitrogens with zero attached hydrogens (tertiary/aromatic N) is 2. The Morgan fingerprint density at radius 2 is 1.86 bits per heavy atom. The lowest BCUT2D eigenvalue weighted by atomic mass is 10.2. The molecule has 1 atom stereocenters. The Kier molecular flexibility index (Phi) is 8.25. The summed E-state index contributed by atoms with van der Waals surface area (Å²) in [7, 11) is 2.00. The van der Waals surface area contributed by atoms with Crippen LogP contribution >= 0.6 is 0 Å². The number of nitrogens with one attached hydrogen (secondary N) is 2. The zero-order valence-corrected chi connectivity index (χ0v) is 16.9. The molecule has 0 aliphatic heterocycles. The molecule has 6 nitrogen and oxygen atoms in total. The molecule has 0 aliphatic rings. The number of H-pyrrole nitrogens is 1. The molecule has 1 aromatic heterocycles. The standard InChI is InChI=1S/C23H30N4O2/c1-27(16-20-5-3-2-4-6-20)17-22(28)18-29-23-9-7-19(8-10-23)13-24-12-11-21-14-25-26-15-21/h2-10,14-15,22,24,28H,11-13,16-18H2,1H3,(H,25,26). The summed E-state index contributed by atoms with van der Waals surface area (Å²) in [5.74, 6) is 0.775. The maximum atomic E-state index is 10.3. The third-order valence-electron chi connectivity index (χ3n) is 4.66. The number of aromatic nitrogens is 2. The molecular formula is C23H30N4O2. The number of ether oxygens (including phenoxy) is 1. The lowest BCUT2D eigenvalue weighted by Crippen LogP contribution is -2.32. The van der Waals surface area contributed by atoms with Crippen LogP contribution in [-0.4, -0.2) is 53.1 Å². The van der Waals surface area contributed by atoms with E-state index < -0.39 is 6.10 Å². The minimum atomic E-state index is -0.534. The zero-order chi connectivity index (χ0) is 20.3. The number of hydrogen-bond donors (Lipinski definition) is 3. The number of hydrogen-bond acceptors (Lipinski definition) is 5. The van der Waals surface area contributed by atoms with Gasteiger partial charge in [0.25, 0.3) is 0 Å². The van der Waals surface area contributed by atoms with Gasteiger partial charge < -0.3 is 15.2 Å². The van der Waals surface area contributed by atoms with Gasteiger partial charge in [-0.3, -0.25) is 10.00 Å². The molecule has 0 bridgehead atoms. The van der Waals surface area contributed by atoms with Gasteiger partial charge in [0.15, 0.2) is 0 Å². The quantitative estimate of drug-likeness (QED) is 0.412. The van der Waals surface area contributed by atoms with E-state index in [1.807, 2.05) is 61.9 Å². The van der Waals surface area contributed by atoms with E-state index in [-0.39, 0.29) is 6.61 Å². The van der Waals surface area contributed by atoms with Crippen LogP contribution in [0.4, 0.5) is 0 Å². The van der Waals surface area contributed by atoms with E-state index in [4.69, 9.17) is 4.74 Å². The van der Waals surface area contributed by atoms with Crippen molar-refractivity contribution in [2.75, 3.05) is 26.7 Å². The molecule has 154 valence electrons. The van der Waals surface area contributed by atoms with Crippen molar-refractivity contribution in [2.45, 2.75) is 25.6 Å². The van der Waals surface area contributed by atoms with Crippen LogP contribution in [-0.2, 0) is 19.5 Å². The van der Waals surface area contributed by atoms with Gasteiger partial charge in [-0.05, 0) is 48.8 Å². The van der Waals surface area contributed by atoms with Crippen LogP contribution in [0.25, 0.3) is 0 Å².